The fourth-order valence-corrected chi connectivity index (χ4v) is 2.28. The van der Waals surface area contributed by atoms with Crippen molar-refractivity contribution in [3.05, 3.63) is 21.9 Å². The molecule has 0 aromatic carbocycles. The van der Waals surface area contributed by atoms with Crippen LogP contribution in [0.2, 0.25) is 0 Å². The van der Waals surface area contributed by atoms with E-state index in [0.29, 0.717) is 6.04 Å². The molecule has 0 spiro atoms. The lowest BCUT2D eigenvalue weighted by Gasteiger charge is -2.10. The van der Waals surface area contributed by atoms with Gasteiger partial charge in [-0.1, -0.05) is 0 Å². The summed E-state index contributed by atoms with van der Waals surface area (Å²) in [7, 11) is 0. The average Bonchev–Trinajstić information content (AvgIpc) is 2.66. The Morgan fingerprint density at radius 3 is 3.00 bits per heavy atom. The minimum Gasteiger partial charge on any atom is -0.309 e. The van der Waals surface area contributed by atoms with Crippen LogP contribution < -0.4 is 5.32 Å². The van der Waals surface area contributed by atoms with Crippen molar-refractivity contribution in [1.82, 2.24) is 5.32 Å². The number of thiophene rings is 1. The molecule has 0 fully saturated rings. The zero-order chi connectivity index (χ0) is 10.4. The van der Waals surface area contributed by atoms with E-state index in [1.807, 2.05) is 23.9 Å². The largest absolute Gasteiger partial charge is 0.309 e. The Kier molecular flexibility index (Phi) is 5.02. The van der Waals surface area contributed by atoms with E-state index in [0.717, 1.165) is 17.2 Å². The van der Waals surface area contributed by atoms with Crippen LogP contribution in [0.25, 0.3) is 0 Å². The molecular formula is C10H14N2S2. The first-order valence-corrected chi connectivity index (χ1v) is 6.71. The van der Waals surface area contributed by atoms with Crippen molar-refractivity contribution in [1.29, 1.82) is 5.26 Å². The molecule has 0 aliphatic heterocycles. The summed E-state index contributed by atoms with van der Waals surface area (Å²) in [5, 5.41) is 12.1. The predicted molar refractivity (Wildman–Crippen MR) is 63.8 cm³/mol. The van der Waals surface area contributed by atoms with Crippen molar-refractivity contribution >= 4 is 23.1 Å². The smallest absolute Gasteiger partial charge is 0.110 e. The zero-order valence-corrected chi connectivity index (χ0v) is 10.0. The second-order valence-corrected chi connectivity index (χ2v) is 5.08. The van der Waals surface area contributed by atoms with Crippen LogP contribution in [0.15, 0.2) is 12.1 Å². The van der Waals surface area contributed by atoms with E-state index in [2.05, 4.69) is 24.6 Å². The maximum Gasteiger partial charge on any atom is 0.110 e. The second kappa shape index (κ2) is 6.07. The van der Waals surface area contributed by atoms with Gasteiger partial charge in [-0.2, -0.15) is 17.0 Å². The molecule has 0 aliphatic carbocycles. The first-order chi connectivity index (χ1) is 6.77. The monoisotopic (exact) mass is 226 g/mol. The summed E-state index contributed by atoms with van der Waals surface area (Å²) in [6.45, 7) is 3.15. The molecule has 1 unspecified atom stereocenters. The zero-order valence-electron chi connectivity index (χ0n) is 8.41. The van der Waals surface area contributed by atoms with Crippen LogP contribution in [-0.4, -0.2) is 18.6 Å². The van der Waals surface area contributed by atoms with Crippen molar-refractivity contribution in [2.75, 3.05) is 18.6 Å². The van der Waals surface area contributed by atoms with E-state index >= 15 is 0 Å². The number of thioether (sulfide) groups is 1. The van der Waals surface area contributed by atoms with Gasteiger partial charge in [0, 0.05) is 23.2 Å². The third-order valence-corrected chi connectivity index (χ3v) is 3.71. The fourth-order valence-electron chi connectivity index (χ4n) is 1.12. The molecule has 0 saturated carbocycles. The third kappa shape index (κ3) is 3.33. The number of rotatable bonds is 5. The van der Waals surface area contributed by atoms with Crippen LogP contribution >= 0.6 is 23.1 Å². The Hall–Kier alpha value is -0.500. The van der Waals surface area contributed by atoms with Crippen molar-refractivity contribution in [3.63, 3.8) is 0 Å². The molecule has 4 heteroatoms. The molecule has 0 aliphatic rings. The standard InChI is InChI=1S/C10H14N2S2/c1-8(12-5-6-13-2)10-4-3-9(7-11)14-10/h3-4,8,12H,5-6H2,1-2H3. The Morgan fingerprint density at radius 1 is 1.64 bits per heavy atom. The van der Waals surface area contributed by atoms with Gasteiger partial charge in [0.25, 0.3) is 0 Å². The van der Waals surface area contributed by atoms with E-state index in [-0.39, 0.29) is 0 Å². The highest BCUT2D eigenvalue weighted by Gasteiger charge is 2.06. The molecule has 1 atom stereocenters. The molecule has 1 N–H and O–H groups in total. The van der Waals surface area contributed by atoms with Gasteiger partial charge in [0.15, 0.2) is 0 Å². The predicted octanol–water partition coefficient (Wildman–Crippen LogP) is 2.63. The van der Waals surface area contributed by atoms with Gasteiger partial charge >= 0.3 is 0 Å². The molecule has 1 heterocycles. The summed E-state index contributed by atoms with van der Waals surface area (Å²) in [6.07, 6.45) is 2.10. The second-order valence-electron chi connectivity index (χ2n) is 2.98. The van der Waals surface area contributed by atoms with Crippen LogP contribution in [0.3, 0.4) is 0 Å². The highest BCUT2D eigenvalue weighted by Crippen LogP contribution is 2.22. The highest BCUT2D eigenvalue weighted by atomic mass is 32.2. The minimum atomic E-state index is 0.356. The Labute approximate surface area is 93.3 Å². The van der Waals surface area contributed by atoms with Crippen molar-refractivity contribution in [2.45, 2.75) is 13.0 Å². The lowest BCUT2D eigenvalue weighted by molar-refractivity contribution is 0.610. The van der Waals surface area contributed by atoms with E-state index < -0.39 is 0 Å². The molecule has 1 aromatic heterocycles. The van der Waals surface area contributed by atoms with E-state index in [9.17, 15) is 0 Å². The van der Waals surface area contributed by atoms with Crippen molar-refractivity contribution in [2.24, 2.45) is 0 Å². The molecule has 1 aromatic rings. The van der Waals surface area contributed by atoms with Gasteiger partial charge in [-0.25, -0.2) is 0 Å². The van der Waals surface area contributed by atoms with E-state index in [1.165, 1.54) is 4.88 Å². The van der Waals surface area contributed by atoms with Gasteiger partial charge in [0.05, 0.1) is 0 Å². The number of nitriles is 1. The first kappa shape index (κ1) is 11.6. The van der Waals surface area contributed by atoms with Gasteiger partial charge in [-0.3, -0.25) is 0 Å². The fraction of sp³-hybridized carbons (Fsp3) is 0.500. The van der Waals surface area contributed by atoms with E-state index in [4.69, 9.17) is 5.26 Å². The van der Waals surface area contributed by atoms with Gasteiger partial charge in [0.2, 0.25) is 0 Å². The summed E-state index contributed by atoms with van der Waals surface area (Å²) in [5.41, 5.74) is 0. The molecule has 0 radical (unpaired) electrons. The van der Waals surface area contributed by atoms with Gasteiger partial charge < -0.3 is 5.32 Å². The summed E-state index contributed by atoms with van der Waals surface area (Å²) < 4.78 is 0. The quantitative estimate of drug-likeness (QED) is 0.784. The van der Waals surface area contributed by atoms with E-state index in [1.54, 1.807) is 11.3 Å². The number of hydrogen-bond acceptors (Lipinski definition) is 4. The topological polar surface area (TPSA) is 35.8 Å². The molecule has 0 saturated heterocycles. The molecule has 76 valence electrons. The first-order valence-electron chi connectivity index (χ1n) is 4.50. The number of hydrogen-bond donors (Lipinski definition) is 1. The third-order valence-electron chi connectivity index (χ3n) is 1.92. The molecule has 0 amide bonds. The Morgan fingerprint density at radius 2 is 2.43 bits per heavy atom. The molecule has 2 nitrogen and oxygen atoms in total. The van der Waals surface area contributed by atoms with Crippen LogP contribution in [0.4, 0.5) is 0 Å². The number of nitrogens with one attached hydrogen (secondary N) is 1. The highest BCUT2D eigenvalue weighted by molar-refractivity contribution is 7.98. The van der Waals surface area contributed by atoms with Gasteiger partial charge in [-0.15, -0.1) is 11.3 Å². The molecule has 0 bridgehead atoms. The van der Waals surface area contributed by atoms with Crippen LogP contribution in [0.5, 0.6) is 0 Å². The maximum absolute atomic E-state index is 8.68. The lowest BCUT2D eigenvalue weighted by atomic mass is 10.3. The Balaban J connectivity index is 2.44. The van der Waals surface area contributed by atoms with Crippen LogP contribution in [0.1, 0.15) is 22.7 Å². The number of nitrogens with zero attached hydrogens (tertiary/aromatic N) is 1. The van der Waals surface area contributed by atoms with Gasteiger partial charge in [-0.05, 0) is 25.3 Å². The van der Waals surface area contributed by atoms with Crippen molar-refractivity contribution < 1.29 is 0 Å². The summed E-state index contributed by atoms with van der Waals surface area (Å²) in [5.74, 6) is 1.13. The van der Waals surface area contributed by atoms with Crippen LogP contribution in [0, 0.1) is 11.3 Å². The lowest BCUT2D eigenvalue weighted by Crippen LogP contribution is -2.20. The maximum atomic E-state index is 8.68. The summed E-state index contributed by atoms with van der Waals surface area (Å²) >= 11 is 3.41. The van der Waals surface area contributed by atoms with Crippen molar-refractivity contribution in [3.8, 4) is 6.07 Å². The van der Waals surface area contributed by atoms with Gasteiger partial charge in [0.1, 0.15) is 10.9 Å². The Bertz CT molecular complexity index is 314. The minimum absolute atomic E-state index is 0.356. The average molecular weight is 226 g/mol. The SMILES string of the molecule is CSCCNC(C)c1ccc(C#N)s1. The van der Waals surface area contributed by atoms with Crippen LogP contribution in [-0.2, 0) is 0 Å². The summed E-state index contributed by atoms with van der Waals surface area (Å²) in [4.78, 5) is 2.03. The molecular weight excluding hydrogens is 212 g/mol. The molecule has 1 rings (SSSR count). The summed E-state index contributed by atoms with van der Waals surface area (Å²) in [6, 6.07) is 6.42. The normalized spacial score (nSPS) is 12.4. The molecule has 14 heavy (non-hydrogen) atoms.